The molecule has 23 heavy (non-hydrogen) atoms. The van der Waals surface area contributed by atoms with Crippen LogP contribution in [0.25, 0.3) is 0 Å². The number of anilines is 1. The standard InChI is InChI=1S/C17H26N4O2/c1-17(2,3)16-19-12(10-23-4)7-14(20-16)18-11-8-15(22)21(9-11)13-5-6-13/h7,11,13H,5-6,8-10H2,1-4H3,(H,18,19,20). The van der Waals surface area contributed by atoms with Crippen LogP contribution >= 0.6 is 0 Å². The van der Waals surface area contributed by atoms with E-state index in [1.807, 2.05) is 11.0 Å². The fourth-order valence-corrected chi connectivity index (χ4v) is 2.91. The van der Waals surface area contributed by atoms with Crippen molar-refractivity contribution >= 4 is 11.7 Å². The van der Waals surface area contributed by atoms with Crippen molar-refractivity contribution in [3.8, 4) is 0 Å². The van der Waals surface area contributed by atoms with Crippen LogP contribution in [0.4, 0.5) is 5.82 Å². The molecule has 2 heterocycles. The minimum Gasteiger partial charge on any atom is -0.378 e. The Hall–Kier alpha value is -1.69. The molecule has 1 aromatic heterocycles. The summed E-state index contributed by atoms with van der Waals surface area (Å²) in [6.45, 7) is 7.51. The molecule has 126 valence electrons. The summed E-state index contributed by atoms with van der Waals surface area (Å²) in [5.74, 6) is 1.83. The molecular weight excluding hydrogens is 292 g/mol. The van der Waals surface area contributed by atoms with Crippen LogP contribution in [0.5, 0.6) is 0 Å². The number of likely N-dealkylation sites (tertiary alicyclic amines) is 1. The Kier molecular flexibility index (Phi) is 4.27. The molecule has 2 fully saturated rings. The number of aromatic nitrogens is 2. The van der Waals surface area contributed by atoms with E-state index in [2.05, 4.69) is 36.1 Å². The molecule has 0 bridgehead atoms. The predicted octanol–water partition coefficient (Wildman–Crippen LogP) is 2.10. The number of methoxy groups -OCH3 is 1. The van der Waals surface area contributed by atoms with Crippen LogP contribution in [-0.2, 0) is 21.6 Å². The topological polar surface area (TPSA) is 67.3 Å². The van der Waals surface area contributed by atoms with Crippen LogP contribution < -0.4 is 5.32 Å². The molecule has 1 amide bonds. The van der Waals surface area contributed by atoms with E-state index in [1.165, 1.54) is 0 Å². The first-order valence-corrected chi connectivity index (χ1v) is 8.30. The minimum absolute atomic E-state index is 0.126. The Morgan fingerprint density at radius 1 is 1.35 bits per heavy atom. The number of ether oxygens (including phenoxy) is 1. The zero-order chi connectivity index (χ0) is 16.6. The number of rotatable bonds is 5. The van der Waals surface area contributed by atoms with E-state index >= 15 is 0 Å². The van der Waals surface area contributed by atoms with Gasteiger partial charge in [0.1, 0.15) is 11.6 Å². The zero-order valence-corrected chi connectivity index (χ0v) is 14.4. The summed E-state index contributed by atoms with van der Waals surface area (Å²) in [4.78, 5) is 23.3. The molecule has 1 aliphatic carbocycles. The van der Waals surface area contributed by atoms with Crippen molar-refractivity contribution in [3.63, 3.8) is 0 Å². The molecule has 1 atom stereocenters. The van der Waals surface area contributed by atoms with Gasteiger partial charge in [-0.2, -0.15) is 0 Å². The maximum absolute atomic E-state index is 12.1. The summed E-state index contributed by atoms with van der Waals surface area (Å²) in [7, 11) is 1.66. The molecule has 0 spiro atoms. The third-order valence-corrected chi connectivity index (χ3v) is 4.24. The number of carbonyl (C=O) groups excluding carboxylic acids is 1. The number of hydrogen-bond donors (Lipinski definition) is 1. The van der Waals surface area contributed by atoms with Crippen LogP contribution in [0.3, 0.4) is 0 Å². The number of nitrogens with zero attached hydrogens (tertiary/aromatic N) is 3. The summed E-state index contributed by atoms with van der Waals surface area (Å²) >= 11 is 0. The largest absolute Gasteiger partial charge is 0.378 e. The van der Waals surface area contributed by atoms with Crippen molar-refractivity contribution in [1.82, 2.24) is 14.9 Å². The van der Waals surface area contributed by atoms with Crippen LogP contribution in [0.2, 0.25) is 0 Å². The molecular formula is C17H26N4O2. The average molecular weight is 318 g/mol. The van der Waals surface area contributed by atoms with Crippen LogP contribution in [0.15, 0.2) is 6.07 Å². The number of amides is 1. The van der Waals surface area contributed by atoms with Crippen molar-refractivity contribution in [2.24, 2.45) is 0 Å². The van der Waals surface area contributed by atoms with E-state index in [9.17, 15) is 4.79 Å². The number of carbonyl (C=O) groups is 1. The highest BCUT2D eigenvalue weighted by Crippen LogP contribution is 2.31. The van der Waals surface area contributed by atoms with Gasteiger partial charge in [0.05, 0.1) is 18.3 Å². The summed E-state index contributed by atoms with van der Waals surface area (Å²) in [5.41, 5.74) is 0.726. The maximum atomic E-state index is 12.1. The average Bonchev–Trinajstić information content (AvgIpc) is 3.23. The molecule has 1 saturated heterocycles. The summed E-state index contributed by atoms with van der Waals surface area (Å²) in [5, 5.41) is 3.43. The second-order valence-corrected chi connectivity index (χ2v) is 7.57. The van der Waals surface area contributed by atoms with Gasteiger partial charge in [-0.15, -0.1) is 0 Å². The van der Waals surface area contributed by atoms with Crippen molar-refractivity contribution in [3.05, 3.63) is 17.6 Å². The van der Waals surface area contributed by atoms with Crippen LogP contribution in [0, 0.1) is 0 Å². The Morgan fingerprint density at radius 3 is 2.70 bits per heavy atom. The lowest BCUT2D eigenvalue weighted by atomic mass is 9.95. The second kappa shape index (κ2) is 6.07. The zero-order valence-electron chi connectivity index (χ0n) is 14.4. The van der Waals surface area contributed by atoms with E-state index < -0.39 is 0 Å². The number of hydrogen-bond acceptors (Lipinski definition) is 5. The quantitative estimate of drug-likeness (QED) is 0.900. The van der Waals surface area contributed by atoms with Gasteiger partial charge in [-0.05, 0) is 12.8 Å². The summed E-state index contributed by atoms with van der Waals surface area (Å²) in [6, 6.07) is 2.53. The van der Waals surface area contributed by atoms with Gasteiger partial charge in [0, 0.05) is 37.6 Å². The highest BCUT2D eigenvalue weighted by molar-refractivity contribution is 5.80. The molecule has 1 aliphatic heterocycles. The van der Waals surface area contributed by atoms with Crippen molar-refractivity contribution in [2.75, 3.05) is 19.0 Å². The van der Waals surface area contributed by atoms with E-state index in [4.69, 9.17) is 4.74 Å². The molecule has 1 saturated carbocycles. The number of nitrogens with one attached hydrogen (secondary N) is 1. The fourth-order valence-electron chi connectivity index (χ4n) is 2.91. The third kappa shape index (κ3) is 3.80. The second-order valence-electron chi connectivity index (χ2n) is 7.57. The Bertz CT molecular complexity index is 593. The highest BCUT2D eigenvalue weighted by Gasteiger charge is 2.39. The molecule has 6 nitrogen and oxygen atoms in total. The maximum Gasteiger partial charge on any atom is 0.225 e. The van der Waals surface area contributed by atoms with Gasteiger partial charge < -0.3 is 15.0 Å². The van der Waals surface area contributed by atoms with E-state index in [-0.39, 0.29) is 17.4 Å². The van der Waals surface area contributed by atoms with Gasteiger partial charge in [0.25, 0.3) is 0 Å². The first kappa shape index (κ1) is 16.2. The van der Waals surface area contributed by atoms with Gasteiger partial charge in [0.15, 0.2) is 0 Å². The Morgan fingerprint density at radius 2 is 2.09 bits per heavy atom. The van der Waals surface area contributed by atoms with Crippen LogP contribution in [-0.4, -0.2) is 46.5 Å². The van der Waals surface area contributed by atoms with Gasteiger partial charge in [-0.3, -0.25) is 4.79 Å². The van der Waals surface area contributed by atoms with Gasteiger partial charge in [-0.25, -0.2) is 9.97 Å². The minimum atomic E-state index is -0.133. The normalized spacial score (nSPS) is 21.8. The lowest BCUT2D eigenvalue weighted by molar-refractivity contribution is -0.128. The highest BCUT2D eigenvalue weighted by atomic mass is 16.5. The van der Waals surface area contributed by atoms with Crippen LogP contribution in [0.1, 0.15) is 51.6 Å². The molecule has 2 aliphatic rings. The Labute approximate surface area is 137 Å². The predicted molar refractivity (Wildman–Crippen MR) is 88.2 cm³/mol. The summed E-state index contributed by atoms with van der Waals surface area (Å²) < 4.78 is 5.21. The molecule has 0 radical (unpaired) electrons. The van der Waals surface area contributed by atoms with E-state index in [0.717, 1.165) is 36.7 Å². The first-order valence-electron chi connectivity index (χ1n) is 8.30. The first-order chi connectivity index (χ1) is 10.9. The van der Waals surface area contributed by atoms with Gasteiger partial charge in [0.2, 0.25) is 5.91 Å². The third-order valence-electron chi connectivity index (χ3n) is 4.24. The fraction of sp³-hybridized carbons (Fsp3) is 0.706. The molecule has 1 aromatic rings. The monoisotopic (exact) mass is 318 g/mol. The molecule has 3 rings (SSSR count). The van der Waals surface area contributed by atoms with E-state index in [1.54, 1.807) is 7.11 Å². The Balaban J connectivity index is 1.76. The SMILES string of the molecule is COCc1cc(NC2CC(=O)N(C3CC3)C2)nc(C(C)(C)C)n1. The van der Waals surface area contributed by atoms with Crippen molar-refractivity contribution in [2.45, 2.75) is 64.1 Å². The van der Waals surface area contributed by atoms with Gasteiger partial charge >= 0.3 is 0 Å². The molecule has 6 heteroatoms. The van der Waals surface area contributed by atoms with Crippen molar-refractivity contribution in [1.29, 1.82) is 0 Å². The lowest BCUT2D eigenvalue weighted by Gasteiger charge is -2.20. The molecule has 1 N–H and O–H groups in total. The molecule has 0 aromatic carbocycles. The summed E-state index contributed by atoms with van der Waals surface area (Å²) in [6.07, 6.45) is 2.85. The lowest BCUT2D eigenvalue weighted by Crippen LogP contribution is -2.30. The van der Waals surface area contributed by atoms with Gasteiger partial charge in [-0.1, -0.05) is 20.8 Å². The van der Waals surface area contributed by atoms with E-state index in [0.29, 0.717) is 19.1 Å². The smallest absolute Gasteiger partial charge is 0.225 e. The van der Waals surface area contributed by atoms with Crippen molar-refractivity contribution < 1.29 is 9.53 Å². The molecule has 1 unspecified atom stereocenters.